The maximum absolute atomic E-state index is 12.9. The highest BCUT2D eigenvalue weighted by molar-refractivity contribution is 7.09. The number of amides is 1. The molecule has 1 saturated carbocycles. The minimum absolute atomic E-state index is 0.107. The lowest BCUT2D eigenvalue weighted by Gasteiger charge is -2.23. The summed E-state index contributed by atoms with van der Waals surface area (Å²) in [6.45, 7) is 4.66. The number of thiophene rings is 1. The van der Waals surface area contributed by atoms with Crippen LogP contribution in [0.3, 0.4) is 0 Å². The predicted molar refractivity (Wildman–Crippen MR) is 87.5 cm³/mol. The van der Waals surface area contributed by atoms with Gasteiger partial charge in [-0.3, -0.25) is 4.79 Å². The molecule has 1 heterocycles. The lowest BCUT2D eigenvalue weighted by molar-refractivity contribution is 0.0731. The van der Waals surface area contributed by atoms with Crippen LogP contribution < -0.4 is 5.73 Å². The van der Waals surface area contributed by atoms with Crippen LogP contribution in [-0.2, 0) is 6.54 Å². The Kier molecular flexibility index (Phi) is 3.72. The van der Waals surface area contributed by atoms with E-state index >= 15 is 0 Å². The van der Waals surface area contributed by atoms with Gasteiger partial charge in [0.25, 0.3) is 5.91 Å². The van der Waals surface area contributed by atoms with E-state index in [-0.39, 0.29) is 5.91 Å². The zero-order chi connectivity index (χ0) is 15.0. The first kappa shape index (κ1) is 14.1. The molecule has 1 aliphatic carbocycles. The first-order valence-corrected chi connectivity index (χ1v) is 8.14. The molecule has 1 aromatic heterocycles. The molecule has 0 aliphatic heterocycles. The Hall–Kier alpha value is -1.81. The first-order valence-electron chi connectivity index (χ1n) is 7.26. The van der Waals surface area contributed by atoms with E-state index in [1.54, 1.807) is 11.3 Å². The highest BCUT2D eigenvalue weighted by Gasteiger charge is 2.33. The SMILES string of the molecule is Cc1cc(C)c(C(=O)N(Cc2cccs2)C2CC2)cc1N. The van der Waals surface area contributed by atoms with Crippen molar-refractivity contribution in [3.63, 3.8) is 0 Å². The van der Waals surface area contributed by atoms with Crippen LogP contribution in [0.1, 0.15) is 39.2 Å². The van der Waals surface area contributed by atoms with E-state index in [1.807, 2.05) is 36.9 Å². The molecular weight excluding hydrogens is 280 g/mol. The van der Waals surface area contributed by atoms with E-state index in [1.165, 1.54) is 4.88 Å². The minimum Gasteiger partial charge on any atom is -0.398 e. The molecule has 1 amide bonds. The summed E-state index contributed by atoms with van der Waals surface area (Å²) >= 11 is 1.70. The van der Waals surface area contributed by atoms with E-state index < -0.39 is 0 Å². The summed E-state index contributed by atoms with van der Waals surface area (Å²) in [5, 5.41) is 2.06. The molecule has 2 aromatic rings. The Morgan fingerprint density at radius 1 is 1.33 bits per heavy atom. The van der Waals surface area contributed by atoms with Crippen LogP contribution in [-0.4, -0.2) is 16.8 Å². The van der Waals surface area contributed by atoms with Gasteiger partial charge in [-0.15, -0.1) is 11.3 Å². The van der Waals surface area contributed by atoms with E-state index in [9.17, 15) is 4.79 Å². The number of carbonyl (C=O) groups is 1. The van der Waals surface area contributed by atoms with Gasteiger partial charge in [0.1, 0.15) is 0 Å². The Balaban J connectivity index is 1.89. The summed E-state index contributed by atoms with van der Waals surface area (Å²) in [7, 11) is 0. The molecule has 1 aromatic carbocycles. The fraction of sp³-hybridized carbons (Fsp3) is 0.353. The van der Waals surface area contributed by atoms with Gasteiger partial charge in [0.05, 0.1) is 6.54 Å². The number of hydrogen-bond acceptors (Lipinski definition) is 3. The summed E-state index contributed by atoms with van der Waals surface area (Å²) in [6, 6.07) is 8.34. The van der Waals surface area contributed by atoms with Crippen molar-refractivity contribution < 1.29 is 4.79 Å². The third-order valence-electron chi connectivity index (χ3n) is 4.00. The zero-order valence-electron chi connectivity index (χ0n) is 12.4. The molecule has 0 radical (unpaired) electrons. The molecular formula is C17H20N2OS. The second kappa shape index (κ2) is 5.53. The summed E-state index contributed by atoms with van der Waals surface area (Å²) in [6.07, 6.45) is 2.22. The Labute approximate surface area is 129 Å². The third-order valence-corrected chi connectivity index (χ3v) is 4.86. The molecule has 1 aliphatic rings. The summed E-state index contributed by atoms with van der Waals surface area (Å²) in [5.74, 6) is 0.107. The first-order chi connectivity index (χ1) is 10.1. The number of rotatable bonds is 4. The number of carbonyl (C=O) groups excluding carboxylic acids is 1. The van der Waals surface area contributed by atoms with Crippen molar-refractivity contribution in [1.82, 2.24) is 4.90 Å². The van der Waals surface area contributed by atoms with Crippen LogP contribution in [0, 0.1) is 13.8 Å². The van der Waals surface area contributed by atoms with E-state index in [0.29, 0.717) is 18.3 Å². The van der Waals surface area contributed by atoms with Crippen LogP contribution in [0.25, 0.3) is 0 Å². The normalized spacial score (nSPS) is 14.2. The van der Waals surface area contributed by atoms with Crippen LogP contribution in [0.15, 0.2) is 29.6 Å². The van der Waals surface area contributed by atoms with Gasteiger partial charge >= 0.3 is 0 Å². The highest BCUT2D eigenvalue weighted by atomic mass is 32.1. The quantitative estimate of drug-likeness (QED) is 0.874. The van der Waals surface area contributed by atoms with Crippen molar-refractivity contribution in [2.24, 2.45) is 0 Å². The second-order valence-electron chi connectivity index (χ2n) is 5.77. The molecule has 0 saturated heterocycles. The summed E-state index contributed by atoms with van der Waals surface area (Å²) in [4.78, 5) is 16.1. The topological polar surface area (TPSA) is 46.3 Å². The number of nitrogens with zero attached hydrogens (tertiary/aromatic N) is 1. The number of anilines is 1. The Morgan fingerprint density at radius 2 is 2.10 bits per heavy atom. The van der Waals surface area contributed by atoms with Gasteiger partial charge in [0.15, 0.2) is 0 Å². The van der Waals surface area contributed by atoms with E-state index in [2.05, 4.69) is 11.4 Å². The van der Waals surface area contributed by atoms with Crippen molar-refractivity contribution in [3.05, 3.63) is 51.2 Å². The van der Waals surface area contributed by atoms with E-state index in [4.69, 9.17) is 5.73 Å². The Morgan fingerprint density at radius 3 is 2.71 bits per heavy atom. The highest BCUT2D eigenvalue weighted by Crippen LogP contribution is 2.31. The van der Waals surface area contributed by atoms with Crippen LogP contribution in [0.4, 0.5) is 5.69 Å². The van der Waals surface area contributed by atoms with Gasteiger partial charge in [-0.2, -0.15) is 0 Å². The molecule has 1 fully saturated rings. The van der Waals surface area contributed by atoms with Gasteiger partial charge in [-0.25, -0.2) is 0 Å². The molecule has 0 spiro atoms. The molecule has 0 bridgehead atoms. The number of benzene rings is 1. The van der Waals surface area contributed by atoms with Crippen molar-refractivity contribution in [3.8, 4) is 0 Å². The monoisotopic (exact) mass is 300 g/mol. The van der Waals surface area contributed by atoms with Gasteiger partial charge in [-0.1, -0.05) is 12.1 Å². The fourth-order valence-corrected chi connectivity index (χ4v) is 3.28. The number of nitrogens with two attached hydrogens (primary N) is 1. The van der Waals surface area contributed by atoms with Crippen molar-refractivity contribution in [1.29, 1.82) is 0 Å². The fourth-order valence-electron chi connectivity index (χ4n) is 2.58. The van der Waals surface area contributed by atoms with Crippen LogP contribution in [0.2, 0.25) is 0 Å². The Bertz CT molecular complexity index is 660. The molecule has 21 heavy (non-hydrogen) atoms. The van der Waals surface area contributed by atoms with Crippen LogP contribution in [0.5, 0.6) is 0 Å². The van der Waals surface area contributed by atoms with Crippen molar-refractivity contribution in [2.75, 3.05) is 5.73 Å². The van der Waals surface area contributed by atoms with Crippen LogP contribution >= 0.6 is 11.3 Å². The summed E-state index contributed by atoms with van der Waals surface area (Å²) in [5.41, 5.74) is 9.45. The summed E-state index contributed by atoms with van der Waals surface area (Å²) < 4.78 is 0. The van der Waals surface area contributed by atoms with Gasteiger partial charge < -0.3 is 10.6 Å². The standard InChI is InChI=1S/C17H20N2OS/c1-11-8-12(2)16(18)9-15(11)17(20)19(13-5-6-13)10-14-4-3-7-21-14/h3-4,7-9,13H,5-6,10,18H2,1-2H3. The lowest BCUT2D eigenvalue weighted by atomic mass is 10.0. The smallest absolute Gasteiger partial charge is 0.254 e. The molecule has 4 heteroatoms. The van der Waals surface area contributed by atoms with E-state index in [0.717, 1.165) is 29.5 Å². The lowest BCUT2D eigenvalue weighted by Crippen LogP contribution is -2.32. The molecule has 0 atom stereocenters. The molecule has 110 valence electrons. The number of nitrogen functional groups attached to an aromatic ring is 1. The van der Waals surface area contributed by atoms with Crippen molar-refractivity contribution in [2.45, 2.75) is 39.3 Å². The average molecular weight is 300 g/mol. The molecule has 0 unspecified atom stereocenters. The van der Waals surface area contributed by atoms with Gasteiger partial charge in [0.2, 0.25) is 0 Å². The molecule has 3 nitrogen and oxygen atoms in total. The van der Waals surface area contributed by atoms with Gasteiger partial charge in [-0.05, 0) is 55.3 Å². The second-order valence-corrected chi connectivity index (χ2v) is 6.80. The molecule has 3 rings (SSSR count). The largest absolute Gasteiger partial charge is 0.398 e. The molecule has 2 N–H and O–H groups in total. The third kappa shape index (κ3) is 2.95. The number of aryl methyl sites for hydroxylation is 2. The van der Waals surface area contributed by atoms with Crippen molar-refractivity contribution >= 4 is 22.9 Å². The maximum atomic E-state index is 12.9. The minimum atomic E-state index is 0.107. The average Bonchev–Trinajstić information content (AvgIpc) is 3.16. The number of hydrogen-bond donors (Lipinski definition) is 1. The van der Waals surface area contributed by atoms with Gasteiger partial charge in [0, 0.05) is 22.2 Å². The zero-order valence-corrected chi connectivity index (χ0v) is 13.2. The maximum Gasteiger partial charge on any atom is 0.254 e. The predicted octanol–water partition coefficient (Wildman–Crippen LogP) is 3.75.